The van der Waals surface area contributed by atoms with Gasteiger partial charge in [0.05, 0.1) is 125 Å². The van der Waals surface area contributed by atoms with E-state index >= 15 is 0 Å². The maximum atomic E-state index is 11.4. The molecule has 0 saturated heterocycles. The number of ether oxygens (including phenoxy) is 10. The van der Waals surface area contributed by atoms with Crippen LogP contribution in [0.5, 0.6) is 5.75 Å². The zero-order chi connectivity index (χ0) is 31.3. The lowest BCUT2D eigenvalue weighted by Gasteiger charge is -2.13. The fourth-order valence-corrected chi connectivity index (χ4v) is 3.45. The number of imide groups is 1. The number of rotatable bonds is 31. The number of hydrogen-bond donors (Lipinski definition) is 1. The maximum absolute atomic E-state index is 11.4. The van der Waals surface area contributed by atoms with Gasteiger partial charge in [0, 0.05) is 17.8 Å². The highest BCUT2D eigenvalue weighted by atomic mass is 16.6. The number of nitrogens with two attached hydrogens (primary N) is 1. The Balaban J connectivity index is 1.16. The first-order valence-corrected chi connectivity index (χ1v) is 14.9. The minimum Gasteiger partial charge on any atom is -0.491 e. The van der Waals surface area contributed by atoms with Gasteiger partial charge in [-0.1, -0.05) is 0 Å². The lowest BCUT2D eigenvalue weighted by atomic mass is 10.3. The minimum absolute atomic E-state index is 0.239. The van der Waals surface area contributed by atoms with Crippen molar-refractivity contribution in [1.82, 2.24) is 4.90 Å². The van der Waals surface area contributed by atoms with Gasteiger partial charge < -0.3 is 53.1 Å². The first-order chi connectivity index (χ1) is 21.7. The molecule has 44 heavy (non-hydrogen) atoms. The van der Waals surface area contributed by atoms with Crippen LogP contribution in [-0.4, -0.2) is 149 Å². The van der Waals surface area contributed by atoms with Gasteiger partial charge in [0.1, 0.15) is 12.4 Å². The van der Waals surface area contributed by atoms with Crippen molar-refractivity contribution in [2.45, 2.75) is 0 Å². The Bertz CT molecular complexity index is 869. The molecule has 250 valence electrons. The lowest BCUT2D eigenvalue weighted by Crippen LogP contribution is -2.33. The van der Waals surface area contributed by atoms with Crippen LogP contribution < -0.4 is 10.5 Å². The normalized spacial score (nSPS) is 13.0. The summed E-state index contributed by atoms with van der Waals surface area (Å²) in [7, 11) is 0. The van der Waals surface area contributed by atoms with Crippen LogP contribution in [0.3, 0.4) is 0 Å². The molecular weight excluding hydrogens is 580 g/mol. The van der Waals surface area contributed by atoms with Crippen LogP contribution in [0.2, 0.25) is 0 Å². The van der Waals surface area contributed by atoms with E-state index < -0.39 is 0 Å². The van der Waals surface area contributed by atoms with Crippen molar-refractivity contribution in [3.8, 4) is 5.75 Å². The molecule has 1 aliphatic heterocycles. The smallest absolute Gasteiger partial charge is 0.253 e. The number of hydrogen-bond acceptors (Lipinski definition) is 13. The SMILES string of the molecule is Nc1ccc(OCCOCCOCCOCCOCCOCCOCCOCCOCCOCCN2C(=O)C=CC2=O)cc1. The Morgan fingerprint density at radius 3 is 1.07 bits per heavy atom. The molecule has 14 heteroatoms. The highest BCUT2D eigenvalue weighted by molar-refractivity contribution is 6.12. The van der Waals surface area contributed by atoms with Crippen LogP contribution in [0.1, 0.15) is 0 Å². The molecule has 0 unspecified atom stereocenters. The lowest BCUT2D eigenvalue weighted by molar-refractivity contribution is -0.137. The predicted octanol–water partition coefficient (Wildman–Crippen LogP) is 0.722. The second-order valence-corrected chi connectivity index (χ2v) is 9.09. The summed E-state index contributed by atoms with van der Waals surface area (Å²) in [6.45, 7) is 9.01. The molecule has 0 aromatic heterocycles. The third kappa shape index (κ3) is 20.3. The van der Waals surface area contributed by atoms with Crippen LogP contribution in [0.4, 0.5) is 5.69 Å². The van der Waals surface area contributed by atoms with E-state index in [2.05, 4.69) is 0 Å². The van der Waals surface area contributed by atoms with Gasteiger partial charge >= 0.3 is 0 Å². The van der Waals surface area contributed by atoms with Gasteiger partial charge in [-0.2, -0.15) is 0 Å². The number of carbonyl (C=O) groups is 2. The quantitative estimate of drug-likeness (QED) is 0.0698. The molecule has 2 rings (SSSR count). The van der Waals surface area contributed by atoms with Crippen LogP contribution in [0.25, 0.3) is 0 Å². The molecule has 0 saturated carbocycles. The van der Waals surface area contributed by atoms with Crippen LogP contribution in [0, 0.1) is 0 Å². The van der Waals surface area contributed by atoms with Crippen molar-refractivity contribution < 1.29 is 57.0 Å². The van der Waals surface area contributed by atoms with Gasteiger partial charge in [-0.05, 0) is 24.3 Å². The zero-order valence-electron chi connectivity index (χ0n) is 25.5. The van der Waals surface area contributed by atoms with Crippen molar-refractivity contribution in [2.24, 2.45) is 0 Å². The fourth-order valence-electron chi connectivity index (χ4n) is 3.45. The Kier molecular flexibility index (Phi) is 22.8. The number of nitrogens with zero attached hydrogens (tertiary/aromatic N) is 1. The van der Waals surface area contributed by atoms with Crippen LogP contribution in [0.15, 0.2) is 36.4 Å². The van der Waals surface area contributed by atoms with E-state index in [1.165, 1.54) is 12.2 Å². The summed E-state index contributed by atoms with van der Waals surface area (Å²) >= 11 is 0. The minimum atomic E-state index is -0.307. The molecule has 0 fully saturated rings. The predicted molar refractivity (Wildman–Crippen MR) is 160 cm³/mol. The van der Waals surface area contributed by atoms with Gasteiger partial charge in [-0.25, -0.2) is 0 Å². The molecule has 2 amide bonds. The Morgan fingerprint density at radius 1 is 0.432 bits per heavy atom. The topological polar surface area (TPSA) is 156 Å². The maximum Gasteiger partial charge on any atom is 0.253 e. The summed E-state index contributed by atoms with van der Waals surface area (Å²) < 4.78 is 54.5. The molecular formula is C30H48N2O12. The standard InChI is InChI=1S/C30H48N2O12/c31-27-1-3-28(4-2-27)44-26-25-43-24-23-42-22-21-41-20-19-40-18-17-39-16-15-38-14-13-37-12-11-36-10-9-35-8-7-32-29(33)5-6-30(32)34/h1-6H,7-26,31H2. The second-order valence-electron chi connectivity index (χ2n) is 9.09. The third-order valence-corrected chi connectivity index (χ3v) is 5.71. The molecule has 0 aliphatic carbocycles. The summed E-state index contributed by atoms with van der Waals surface area (Å²) in [5, 5.41) is 0. The number of carbonyl (C=O) groups excluding carboxylic acids is 2. The largest absolute Gasteiger partial charge is 0.491 e. The van der Waals surface area contributed by atoms with E-state index in [0.29, 0.717) is 125 Å². The molecule has 0 atom stereocenters. The molecule has 1 aromatic rings. The van der Waals surface area contributed by atoms with Crippen LogP contribution in [-0.2, 0) is 52.2 Å². The highest BCUT2D eigenvalue weighted by Crippen LogP contribution is 2.12. The number of amides is 2. The molecule has 1 aliphatic rings. The van der Waals surface area contributed by atoms with Crippen molar-refractivity contribution in [3.63, 3.8) is 0 Å². The van der Waals surface area contributed by atoms with E-state index in [1.54, 1.807) is 12.1 Å². The number of benzene rings is 1. The van der Waals surface area contributed by atoms with Crippen LogP contribution >= 0.6 is 0 Å². The van der Waals surface area contributed by atoms with Gasteiger partial charge in [-0.15, -0.1) is 0 Å². The second kappa shape index (κ2) is 26.7. The van der Waals surface area contributed by atoms with Gasteiger partial charge in [0.25, 0.3) is 11.8 Å². The molecule has 14 nitrogen and oxygen atoms in total. The van der Waals surface area contributed by atoms with Crippen molar-refractivity contribution >= 4 is 17.5 Å². The summed E-state index contributed by atoms with van der Waals surface area (Å²) in [6.07, 6.45) is 2.51. The fraction of sp³-hybridized carbons (Fsp3) is 0.667. The third-order valence-electron chi connectivity index (χ3n) is 5.71. The highest BCUT2D eigenvalue weighted by Gasteiger charge is 2.22. The van der Waals surface area contributed by atoms with E-state index in [4.69, 9.17) is 53.1 Å². The summed E-state index contributed by atoms with van der Waals surface area (Å²) in [5.41, 5.74) is 6.34. The molecule has 1 aromatic carbocycles. The van der Waals surface area contributed by atoms with Crippen molar-refractivity contribution in [1.29, 1.82) is 0 Å². The van der Waals surface area contributed by atoms with E-state index in [9.17, 15) is 9.59 Å². The van der Waals surface area contributed by atoms with Crippen molar-refractivity contribution in [3.05, 3.63) is 36.4 Å². The monoisotopic (exact) mass is 628 g/mol. The first kappa shape index (κ1) is 37.5. The Labute approximate surface area is 259 Å². The van der Waals surface area contributed by atoms with Gasteiger partial charge in [0.15, 0.2) is 0 Å². The van der Waals surface area contributed by atoms with E-state index in [0.717, 1.165) is 10.6 Å². The van der Waals surface area contributed by atoms with E-state index in [1.807, 2.05) is 12.1 Å². The molecule has 2 N–H and O–H groups in total. The summed E-state index contributed by atoms with van der Waals surface area (Å²) in [6, 6.07) is 7.24. The molecule has 0 bridgehead atoms. The van der Waals surface area contributed by atoms with Gasteiger partial charge in [0.2, 0.25) is 0 Å². The van der Waals surface area contributed by atoms with Gasteiger partial charge in [-0.3, -0.25) is 14.5 Å². The number of anilines is 1. The Hall–Kier alpha value is -2.66. The zero-order valence-corrected chi connectivity index (χ0v) is 25.5. The first-order valence-electron chi connectivity index (χ1n) is 14.9. The average molecular weight is 629 g/mol. The summed E-state index contributed by atoms with van der Waals surface area (Å²) in [5.74, 6) is 0.152. The average Bonchev–Trinajstić information content (AvgIpc) is 3.35. The molecule has 0 radical (unpaired) electrons. The molecule has 0 spiro atoms. The van der Waals surface area contributed by atoms with E-state index in [-0.39, 0.29) is 25.0 Å². The number of nitrogen functional groups attached to an aromatic ring is 1. The Morgan fingerprint density at radius 2 is 0.727 bits per heavy atom. The summed E-state index contributed by atoms with van der Waals surface area (Å²) in [4.78, 5) is 23.9. The van der Waals surface area contributed by atoms with Crippen molar-refractivity contribution in [2.75, 3.05) is 138 Å². The molecule has 1 heterocycles.